The monoisotopic (exact) mass is 269 g/mol. The fourth-order valence-electron chi connectivity index (χ4n) is 1.39. The number of amides is 1. The minimum atomic E-state index is -1.44. The zero-order valence-corrected chi connectivity index (χ0v) is 10.7. The number of aliphatic hydroxyl groups is 3. The van der Waals surface area contributed by atoms with Crippen molar-refractivity contribution in [2.75, 3.05) is 19.8 Å². The molecule has 0 saturated heterocycles. The van der Waals surface area contributed by atoms with E-state index in [4.69, 9.17) is 20.1 Å². The Kier molecular flexibility index (Phi) is 5.75. The van der Waals surface area contributed by atoms with Gasteiger partial charge in [-0.25, -0.2) is 0 Å². The van der Waals surface area contributed by atoms with E-state index < -0.39 is 37.4 Å². The highest BCUT2D eigenvalue weighted by atomic mass is 16.5. The average Bonchev–Trinajstić information content (AvgIpc) is 2.45. The first kappa shape index (κ1) is 15.4. The van der Waals surface area contributed by atoms with Crippen molar-refractivity contribution >= 4 is 5.91 Å². The van der Waals surface area contributed by atoms with E-state index in [0.29, 0.717) is 5.75 Å². The number of para-hydroxylation sites is 1. The van der Waals surface area contributed by atoms with E-state index in [2.05, 4.69) is 5.32 Å². The molecule has 0 saturated carbocycles. The number of benzene rings is 1. The van der Waals surface area contributed by atoms with E-state index in [9.17, 15) is 4.79 Å². The lowest BCUT2D eigenvalue weighted by Crippen LogP contribution is -2.59. The molecule has 6 nitrogen and oxygen atoms in total. The molecule has 106 valence electrons. The Labute approximate surface area is 111 Å². The Morgan fingerprint density at radius 3 is 2.21 bits per heavy atom. The first-order valence-electron chi connectivity index (χ1n) is 5.93. The third kappa shape index (κ3) is 4.20. The van der Waals surface area contributed by atoms with Crippen molar-refractivity contribution in [3.8, 4) is 5.75 Å². The molecule has 6 heteroatoms. The second kappa shape index (κ2) is 7.08. The molecule has 1 aromatic rings. The minimum Gasteiger partial charge on any atom is -0.481 e. The number of rotatable bonds is 7. The lowest BCUT2D eigenvalue weighted by Gasteiger charge is -2.30. The van der Waals surface area contributed by atoms with Gasteiger partial charge in [0, 0.05) is 0 Å². The summed E-state index contributed by atoms with van der Waals surface area (Å²) < 4.78 is 5.40. The third-order valence-electron chi connectivity index (χ3n) is 2.72. The number of hydrogen-bond acceptors (Lipinski definition) is 5. The molecule has 0 aliphatic heterocycles. The number of aliphatic hydroxyl groups excluding tert-OH is 3. The third-order valence-corrected chi connectivity index (χ3v) is 2.72. The first-order valence-corrected chi connectivity index (χ1v) is 5.93. The number of hydrogen-bond donors (Lipinski definition) is 4. The van der Waals surface area contributed by atoms with Gasteiger partial charge in [-0.05, 0) is 19.1 Å². The average molecular weight is 269 g/mol. The van der Waals surface area contributed by atoms with Gasteiger partial charge >= 0.3 is 0 Å². The van der Waals surface area contributed by atoms with Crippen molar-refractivity contribution in [3.05, 3.63) is 30.3 Å². The van der Waals surface area contributed by atoms with Crippen LogP contribution in [0.4, 0.5) is 0 Å². The van der Waals surface area contributed by atoms with Crippen LogP contribution in [0.15, 0.2) is 30.3 Å². The summed E-state index contributed by atoms with van der Waals surface area (Å²) in [6.45, 7) is -0.156. The standard InChI is InChI=1S/C13H19NO5/c1-10(19-11-5-3-2-4-6-11)12(18)14-13(7-15,8-16)9-17/h2-6,10,15-17H,7-9H2,1H3,(H,14,18). The van der Waals surface area contributed by atoms with Crippen molar-refractivity contribution in [2.24, 2.45) is 0 Å². The quantitative estimate of drug-likeness (QED) is 0.524. The molecule has 1 atom stereocenters. The number of carbonyl (C=O) groups excluding carboxylic acids is 1. The van der Waals surface area contributed by atoms with Crippen molar-refractivity contribution < 1.29 is 24.9 Å². The molecule has 0 bridgehead atoms. The molecule has 1 amide bonds. The number of nitrogens with one attached hydrogen (secondary N) is 1. The number of carbonyl (C=O) groups is 1. The van der Waals surface area contributed by atoms with E-state index in [-0.39, 0.29) is 0 Å². The van der Waals surface area contributed by atoms with Gasteiger partial charge in [0.05, 0.1) is 19.8 Å². The van der Waals surface area contributed by atoms with Crippen LogP contribution in [0.2, 0.25) is 0 Å². The topological polar surface area (TPSA) is 99.0 Å². The molecule has 0 aliphatic rings. The Hall–Kier alpha value is -1.63. The molecule has 0 radical (unpaired) electrons. The summed E-state index contributed by atoms with van der Waals surface area (Å²) in [5, 5.41) is 29.7. The number of ether oxygens (including phenoxy) is 1. The SMILES string of the molecule is CC(Oc1ccccc1)C(=O)NC(CO)(CO)CO. The van der Waals surface area contributed by atoms with Crippen LogP contribution in [0.5, 0.6) is 5.75 Å². The van der Waals surface area contributed by atoms with Gasteiger partial charge in [0.25, 0.3) is 5.91 Å². The molecule has 0 spiro atoms. The molecular formula is C13H19NO5. The van der Waals surface area contributed by atoms with Crippen molar-refractivity contribution in [1.82, 2.24) is 5.32 Å². The summed E-state index contributed by atoms with van der Waals surface area (Å²) in [6.07, 6.45) is -0.813. The van der Waals surface area contributed by atoms with E-state index in [1.807, 2.05) is 6.07 Å². The molecule has 1 unspecified atom stereocenters. The minimum absolute atomic E-state index is 0.527. The first-order chi connectivity index (χ1) is 9.06. The summed E-state index contributed by atoms with van der Waals surface area (Å²) in [6, 6.07) is 8.80. The molecule has 1 rings (SSSR count). The predicted octanol–water partition coefficient (Wildman–Crippen LogP) is -0.714. The van der Waals surface area contributed by atoms with Gasteiger partial charge in [0.15, 0.2) is 6.10 Å². The lowest BCUT2D eigenvalue weighted by molar-refractivity contribution is -0.131. The van der Waals surface area contributed by atoms with Crippen LogP contribution in [0.1, 0.15) is 6.92 Å². The highest BCUT2D eigenvalue weighted by molar-refractivity contribution is 5.81. The lowest BCUT2D eigenvalue weighted by atomic mass is 10.0. The van der Waals surface area contributed by atoms with Crippen molar-refractivity contribution in [3.63, 3.8) is 0 Å². The Morgan fingerprint density at radius 2 is 1.74 bits per heavy atom. The highest BCUT2D eigenvalue weighted by Crippen LogP contribution is 2.11. The molecule has 4 N–H and O–H groups in total. The highest BCUT2D eigenvalue weighted by Gasteiger charge is 2.32. The van der Waals surface area contributed by atoms with Crippen LogP contribution in [0.3, 0.4) is 0 Å². The maximum absolute atomic E-state index is 11.9. The van der Waals surface area contributed by atoms with E-state index >= 15 is 0 Å². The molecule has 0 fully saturated rings. The summed E-state index contributed by atoms with van der Waals surface area (Å²) in [7, 11) is 0. The van der Waals surface area contributed by atoms with Gasteiger partial charge in [0.2, 0.25) is 0 Å². The Morgan fingerprint density at radius 1 is 1.21 bits per heavy atom. The summed E-state index contributed by atoms with van der Waals surface area (Å²) >= 11 is 0. The summed E-state index contributed by atoms with van der Waals surface area (Å²) in [5.41, 5.74) is -1.44. The molecule has 0 heterocycles. The molecule has 0 aliphatic carbocycles. The summed E-state index contributed by atoms with van der Waals surface area (Å²) in [4.78, 5) is 11.9. The van der Waals surface area contributed by atoms with Gasteiger partial charge in [0.1, 0.15) is 11.3 Å². The Bertz CT molecular complexity index is 383. The van der Waals surface area contributed by atoms with Crippen LogP contribution < -0.4 is 10.1 Å². The Balaban J connectivity index is 2.62. The fourth-order valence-corrected chi connectivity index (χ4v) is 1.39. The van der Waals surface area contributed by atoms with Crippen LogP contribution in [0, 0.1) is 0 Å². The van der Waals surface area contributed by atoms with Crippen LogP contribution in [-0.2, 0) is 4.79 Å². The molecular weight excluding hydrogens is 250 g/mol. The second-order valence-corrected chi connectivity index (χ2v) is 4.32. The molecule has 1 aromatic carbocycles. The van der Waals surface area contributed by atoms with Crippen LogP contribution in [-0.4, -0.2) is 52.7 Å². The van der Waals surface area contributed by atoms with Crippen molar-refractivity contribution in [2.45, 2.75) is 18.6 Å². The van der Waals surface area contributed by atoms with E-state index in [1.54, 1.807) is 31.2 Å². The zero-order chi connectivity index (χ0) is 14.3. The second-order valence-electron chi connectivity index (χ2n) is 4.32. The summed E-state index contributed by atoms with van der Waals surface area (Å²) in [5.74, 6) is 0.00810. The van der Waals surface area contributed by atoms with E-state index in [1.165, 1.54) is 0 Å². The maximum Gasteiger partial charge on any atom is 0.261 e. The molecule has 19 heavy (non-hydrogen) atoms. The molecule has 0 aromatic heterocycles. The maximum atomic E-state index is 11.9. The zero-order valence-electron chi connectivity index (χ0n) is 10.7. The van der Waals surface area contributed by atoms with Crippen LogP contribution in [0.25, 0.3) is 0 Å². The van der Waals surface area contributed by atoms with Gasteiger partial charge in [-0.2, -0.15) is 0 Å². The van der Waals surface area contributed by atoms with Gasteiger partial charge in [-0.1, -0.05) is 18.2 Å². The normalized spacial score (nSPS) is 12.8. The fraction of sp³-hybridized carbons (Fsp3) is 0.462. The smallest absolute Gasteiger partial charge is 0.261 e. The van der Waals surface area contributed by atoms with Crippen LogP contribution >= 0.6 is 0 Å². The van der Waals surface area contributed by atoms with E-state index in [0.717, 1.165) is 0 Å². The van der Waals surface area contributed by atoms with Crippen molar-refractivity contribution in [1.29, 1.82) is 0 Å². The van der Waals surface area contributed by atoms with Gasteiger partial charge in [-0.3, -0.25) is 4.79 Å². The largest absolute Gasteiger partial charge is 0.481 e. The van der Waals surface area contributed by atoms with Gasteiger partial charge in [-0.15, -0.1) is 0 Å². The predicted molar refractivity (Wildman–Crippen MR) is 68.7 cm³/mol. The van der Waals surface area contributed by atoms with Gasteiger partial charge < -0.3 is 25.4 Å².